The van der Waals surface area contributed by atoms with Gasteiger partial charge < -0.3 is 5.11 Å². The van der Waals surface area contributed by atoms with Gasteiger partial charge >= 0.3 is 5.97 Å². The number of hydrogen-bond acceptors (Lipinski definition) is 4. The van der Waals surface area contributed by atoms with Crippen LogP contribution in [0.15, 0.2) is 18.3 Å². The van der Waals surface area contributed by atoms with Crippen molar-refractivity contribution in [1.29, 1.82) is 0 Å². The molecule has 0 saturated carbocycles. The highest BCUT2D eigenvalue weighted by Gasteiger charge is 2.17. The fourth-order valence-corrected chi connectivity index (χ4v) is 2.45. The summed E-state index contributed by atoms with van der Waals surface area (Å²) in [4.78, 5) is 19.7. The Morgan fingerprint density at radius 3 is 2.76 bits per heavy atom. The Labute approximate surface area is 107 Å². The van der Waals surface area contributed by atoms with E-state index in [-0.39, 0.29) is 4.88 Å². The van der Waals surface area contributed by atoms with Gasteiger partial charge in [-0.1, -0.05) is 18.5 Å². The molecule has 6 heteroatoms. The molecule has 2 heterocycles. The fourth-order valence-electron chi connectivity index (χ4n) is 1.37. The lowest BCUT2D eigenvalue weighted by molar-refractivity contribution is 0.0701. The van der Waals surface area contributed by atoms with Crippen LogP contribution in [0.2, 0.25) is 5.02 Å². The molecular weight excluding hydrogens is 260 g/mol. The van der Waals surface area contributed by atoms with Crippen molar-refractivity contribution in [3.8, 4) is 10.7 Å². The second-order valence-electron chi connectivity index (χ2n) is 3.32. The van der Waals surface area contributed by atoms with E-state index in [1.54, 1.807) is 12.1 Å². The lowest BCUT2D eigenvalue weighted by atomic mass is 10.3. The molecule has 17 heavy (non-hydrogen) atoms. The van der Waals surface area contributed by atoms with E-state index in [1.807, 2.05) is 6.92 Å². The first-order valence-corrected chi connectivity index (χ1v) is 6.16. The summed E-state index contributed by atoms with van der Waals surface area (Å²) in [6.07, 6.45) is 2.11. The normalized spacial score (nSPS) is 10.5. The van der Waals surface area contributed by atoms with E-state index >= 15 is 0 Å². The van der Waals surface area contributed by atoms with Crippen LogP contribution in [0.3, 0.4) is 0 Å². The predicted octanol–water partition coefficient (Wildman–Crippen LogP) is 3.12. The molecule has 2 rings (SSSR count). The minimum atomic E-state index is -0.945. The number of aromatic carboxylic acids is 1. The Kier molecular flexibility index (Phi) is 3.40. The predicted molar refractivity (Wildman–Crippen MR) is 66.7 cm³/mol. The highest BCUT2D eigenvalue weighted by Crippen LogP contribution is 2.27. The van der Waals surface area contributed by atoms with Crippen LogP contribution in [0.25, 0.3) is 10.7 Å². The molecule has 4 nitrogen and oxygen atoms in total. The molecule has 0 bridgehead atoms. The van der Waals surface area contributed by atoms with E-state index in [9.17, 15) is 4.79 Å². The number of carboxylic acids is 1. The van der Waals surface area contributed by atoms with Gasteiger partial charge in [-0.25, -0.2) is 9.78 Å². The number of hydrogen-bond donors (Lipinski definition) is 1. The molecule has 0 unspecified atom stereocenters. The van der Waals surface area contributed by atoms with Gasteiger partial charge in [0.05, 0.1) is 16.4 Å². The summed E-state index contributed by atoms with van der Waals surface area (Å²) in [5.41, 5.74) is 1.23. The number of aryl methyl sites for hydroxylation is 1. The molecule has 0 aliphatic rings. The lowest BCUT2D eigenvalue weighted by Crippen LogP contribution is -1.97. The van der Waals surface area contributed by atoms with E-state index in [0.717, 1.165) is 11.3 Å². The number of halogens is 1. The van der Waals surface area contributed by atoms with E-state index in [4.69, 9.17) is 16.7 Å². The summed E-state index contributed by atoms with van der Waals surface area (Å²) in [6.45, 7) is 1.88. The highest BCUT2D eigenvalue weighted by molar-refractivity contribution is 7.17. The summed E-state index contributed by atoms with van der Waals surface area (Å²) in [5, 5.41) is 10.2. The van der Waals surface area contributed by atoms with E-state index in [2.05, 4.69) is 9.97 Å². The van der Waals surface area contributed by atoms with Gasteiger partial charge in [0.15, 0.2) is 0 Å². The molecule has 0 aliphatic heterocycles. The molecule has 0 aliphatic carbocycles. The third-order valence-corrected chi connectivity index (χ3v) is 3.50. The maximum atomic E-state index is 11.0. The number of rotatable bonds is 3. The van der Waals surface area contributed by atoms with Crippen LogP contribution in [-0.2, 0) is 6.42 Å². The first-order valence-electron chi connectivity index (χ1n) is 4.96. The van der Waals surface area contributed by atoms with Gasteiger partial charge in [-0.3, -0.25) is 4.98 Å². The van der Waals surface area contributed by atoms with Crippen molar-refractivity contribution in [3.05, 3.63) is 33.9 Å². The van der Waals surface area contributed by atoms with Crippen LogP contribution in [0.4, 0.5) is 0 Å². The highest BCUT2D eigenvalue weighted by atomic mass is 35.5. The molecule has 0 spiro atoms. The third kappa shape index (κ3) is 2.45. The fraction of sp³-hybridized carbons (Fsp3) is 0.182. The molecule has 2 aromatic rings. The number of pyridine rings is 1. The van der Waals surface area contributed by atoms with Crippen LogP contribution in [-0.4, -0.2) is 21.0 Å². The second-order valence-corrected chi connectivity index (χ2v) is 4.75. The molecule has 88 valence electrons. The number of carboxylic acid groups (broad SMARTS) is 1. The van der Waals surface area contributed by atoms with Crippen molar-refractivity contribution in [3.63, 3.8) is 0 Å². The van der Waals surface area contributed by atoms with Crippen molar-refractivity contribution in [2.24, 2.45) is 0 Å². The van der Waals surface area contributed by atoms with Crippen LogP contribution in [0, 0.1) is 0 Å². The summed E-state index contributed by atoms with van der Waals surface area (Å²) >= 11 is 6.87. The van der Waals surface area contributed by atoms with Crippen LogP contribution < -0.4 is 0 Å². The van der Waals surface area contributed by atoms with Gasteiger partial charge in [0.25, 0.3) is 0 Å². The van der Waals surface area contributed by atoms with Gasteiger partial charge in [-0.05, 0) is 18.6 Å². The van der Waals surface area contributed by atoms with Crippen LogP contribution >= 0.6 is 22.9 Å². The number of thiazole rings is 1. The average Bonchev–Trinajstić information content (AvgIpc) is 2.74. The standard InChI is InChI=1S/C11H9ClN2O2S/c1-2-7-9(11(15)16)17-10(14-7)8-4-3-6(12)5-13-8/h3-5H,2H2,1H3,(H,15,16). The van der Waals surface area contributed by atoms with Crippen molar-refractivity contribution >= 4 is 28.9 Å². The van der Waals surface area contributed by atoms with E-state index < -0.39 is 5.97 Å². The summed E-state index contributed by atoms with van der Waals surface area (Å²) in [7, 11) is 0. The van der Waals surface area contributed by atoms with Gasteiger partial charge in [-0.2, -0.15) is 0 Å². The first kappa shape index (κ1) is 12.0. The lowest BCUT2D eigenvalue weighted by Gasteiger charge is -1.94. The van der Waals surface area contributed by atoms with Crippen molar-refractivity contribution in [2.75, 3.05) is 0 Å². The first-order chi connectivity index (χ1) is 8.11. The smallest absolute Gasteiger partial charge is 0.347 e. The molecule has 0 amide bonds. The van der Waals surface area contributed by atoms with Gasteiger partial charge in [0.1, 0.15) is 9.88 Å². The van der Waals surface area contributed by atoms with Crippen molar-refractivity contribution in [1.82, 2.24) is 9.97 Å². The van der Waals surface area contributed by atoms with Crippen LogP contribution in [0.1, 0.15) is 22.3 Å². The quantitative estimate of drug-likeness (QED) is 0.929. The molecule has 0 atom stereocenters. The summed E-state index contributed by atoms with van der Waals surface area (Å²) < 4.78 is 0. The number of carbonyl (C=O) groups is 1. The van der Waals surface area contributed by atoms with E-state index in [0.29, 0.717) is 27.8 Å². The molecular formula is C11H9ClN2O2S. The maximum absolute atomic E-state index is 11.0. The third-order valence-electron chi connectivity index (χ3n) is 2.17. The molecule has 1 N–H and O–H groups in total. The van der Waals surface area contributed by atoms with E-state index in [1.165, 1.54) is 6.20 Å². The molecule has 2 aromatic heterocycles. The Hall–Kier alpha value is -1.46. The summed E-state index contributed by atoms with van der Waals surface area (Å²) in [6, 6.07) is 3.43. The zero-order valence-electron chi connectivity index (χ0n) is 8.98. The summed E-state index contributed by atoms with van der Waals surface area (Å²) in [5.74, 6) is -0.945. The van der Waals surface area contributed by atoms with Gasteiger partial charge in [0.2, 0.25) is 0 Å². The number of aromatic nitrogens is 2. The zero-order valence-corrected chi connectivity index (χ0v) is 10.5. The minimum Gasteiger partial charge on any atom is -0.477 e. The Balaban J connectivity index is 2.46. The minimum absolute atomic E-state index is 0.277. The zero-order chi connectivity index (χ0) is 12.4. The molecule has 0 aromatic carbocycles. The van der Waals surface area contributed by atoms with Crippen molar-refractivity contribution < 1.29 is 9.90 Å². The van der Waals surface area contributed by atoms with Crippen LogP contribution in [0.5, 0.6) is 0 Å². The molecule has 0 saturated heterocycles. The molecule has 0 radical (unpaired) electrons. The van der Waals surface area contributed by atoms with Crippen molar-refractivity contribution in [2.45, 2.75) is 13.3 Å². The SMILES string of the molecule is CCc1nc(-c2ccc(Cl)cn2)sc1C(=O)O. The Morgan fingerprint density at radius 2 is 2.29 bits per heavy atom. The molecule has 0 fully saturated rings. The maximum Gasteiger partial charge on any atom is 0.347 e. The van der Waals surface area contributed by atoms with Gasteiger partial charge in [-0.15, -0.1) is 11.3 Å². The average molecular weight is 269 g/mol. The number of nitrogens with zero attached hydrogens (tertiary/aromatic N) is 2. The second kappa shape index (κ2) is 4.81. The van der Waals surface area contributed by atoms with Gasteiger partial charge in [0, 0.05) is 6.20 Å². The Morgan fingerprint density at radius 1 is 1.53 bits per heavy atom. The Bertz CT molecular complexity index is 551. The topological polar surface area (TPSA) is 63.1 Å². The largest absolute Gasteiger partial charge is 0.477 e. The monoisotopic (exact) mass is 268 g/mol.